The topological polar surface area (TPSA) is 37.8 Å². The highest BCUT2D eigenvalue weighted by Gasteiger charge is 2.30. The molecule has 0 spiro atoms. The van der Waals surface area contributed by atoms with Crippen molar-refractivity contribution < 1.29 is 17.6 Å². The van der Waals surface area contributed by atoms with Crippen molar-refractivity contribution in [3.05, 3.63) is 60.2 Å². The molecular formula is C15H9F4N3. The van der Waals surface area contributed by atoms with Crippen LogP contribution in [0.2, 0.25) is 0 Å². The maximum atomic E-state index is 13.3. The second kappa shape index (κ2) is 5.25. The molecule has 0 radical (unpaired) electrons. The summed E-state index contributed by atoms with van der Waals surface area (Å²) in [7, 11) is 0. The van der Waals surface area contributed by atoms with E-state index < -0.39 is 17.6 Å². The minimum Gasteiger partial charge on any atom is -0.340 e. The van der Waals surface area contributed by atoms with Gasteiger partial charge in [-0.3, -0.25) is 0 Å². The van der Waals surface area contributed by atoms with E-state index in [1.165, 1.54) is 36.7 Å². The lowest BCUT2D eigenvalue weighted by Gasteiger charge is -2.11. The van der Waals surface area contributed by atoms with E-state index in [-0.39, 0.29) is 11.5 Å². The number of hydrogen-bond donors (Lipinski definition) is 1. The van der Waals surface area contributed by atoms with Crippen LogP contribution < -0.4 is 5.32 Å². The molecule has 112 valence electrons. The standard InChI is InChI=1S/C15H9F4N3/c16-10-4-5-13-12(7-10)14(21-8-20-13)22-11-3-1-2-9(6-11)15(17,18)19/h1-8H,(H,20,21,22). The summed E-state index contributed by atoms with van der Waals surface area (Å²) in [5, 5.41) is 3.16. The summed E-state index contributed by atoms with van der Waals surface area (Å²) in [6, 6.07) is 8.66. The van der Waals surface area contributed by atoms with Crippen molar-refractivity contribution in [1.29, 1.82) is 0 Å². The lowest BCUT2D eigenvalue weighted by atomic mass is 10.2. The zero-order valence-corrected chi connectivity index (χ0v) is 11.0. The number of anilines is 2. The van der Waals surface area contributed by atoms with Crippen LogP contribution in [0.3, 0.4) is 0 Å². The molecule has 0 amide bonds. The summed E-state index contributed by atoms with van der Waals surface area (Å²) in [4.78, 5) is 7.95. The van der Waals surface area contributed by atoms with Crippen LogP contribution in [-0.2, 0) is 6.18 Å². The molecule has 0 atom stereocenters. The van der Waals surface area contributed by atoms with E-state index in [1.807, 2.05) is 0 Å². The van der Waals surface area contributed by atoms with E-state index in [2.05, 4.69) is 15.3 Å². The van der Waals surface area contributed by atoms with E-state index >= 15 is 0 Å². The van der Waals surface area contributed by atoms with E-state index in [1.54, 1.807) is 0 Å². The molecule has 0 aliphatic heterocycles. The third-order valence-electron chi connectivity index (χ3n) is 3.05. The number of hydrogen-bond acceptors (Lipinski definition) is 3. The molecule has 3 rings (SSSR count). The molecule has 0 fully saturated rings. The van der Waals surface area contributed by atoms with Gasteiger partial charge in [0.1, 0.15) is 18.0 Å². The molecule has 0 aliphatic rings. The average Bonchev–Trinajstić information content (AvgIpc) is 2.47. The Bertz CT molecular complexity index is 830. The van der Waals surface area contributed by atoms with E-state index in [4.69, 9.17) is 0 Å². The van der Waals surface area contributed by atoms with Crippen molar-refractivity contribution in [1.82, 2.24) is 9.97 Å². The van der Waals surface area contributed by atoms with Crippen molar-refractivity contribution >= 4 is 22.4 Å². The van der Waals surface area contributed by atoms with Crippen LogP contribution >= 0.6 is 0 Å². The van der Waals surface area contributed by atoms with Gasteiger partial charge in [-0.05, 0) is 36.4 Å². The molecule has 0 saturated carbocycles. The number of halogens is 4. The molecule has 2 aromatic carbocycles. The molecule has 0 aliphatic carbocycles. The minimum atomic E-state index is -4.43. The Hall–Kier alpha value is -2.70. The number of alkyl halides is 3. The summed E-state index contributed by atoms with van der Waals surface area (Å²) >= 11 is 0. The van der Waals surface area contributed by atoms with Gasteiger partial charge in [0.15, 0.2) is 0 Å². The fourth-order valence-electron chi connectivity index (χ4n) is 2.04. The second-order valence-corrected chi connectivity index (χ2v) is 4.59. The Morgan fingerprint density at radius 1 is 0.955 bits per heavy atom. The van der Waals surface area contributed by atoms with Crippen LogP contribution in [0.4, 0.5) is 29.1 Å². The molecule has 1 N–H and O–H groups in total. The SMILES string of the molecule is Fc1ccc2ncnc(Nc3cccc(C(F)(F)F)c3)c2c1. The van der Waals surface area contributed by atoms with Gasteiger partial charge in [0.25, 0.3) is 0 Å². The van der Waals surface area contributed by atoms with E-state index in [0.717, 1.165) is 12.1 Å². The number of benzene rings is 2. The van der Waals surface area contributed by atoms with Gasteiger partial charge in [0.2, 0.25) is 0 Å². The minimum absolute atomic E-state index is 0.207. The fourth-order valence-corrected chi connectivity index (χ4v) is 2.04. The fraction of sp³-hybridized carbons (Fsp3) is 0.0667. The summed E-state index contributed by atoms with van der Waals surface area (Å²) in [6.45, 7) is 0. The first kappa shape index (κ1) is 14.2. The third-order valence-corrected chi connectivity index (χ3v) is 3.05. The van der Waals surface area contributed by atoms with Gasteiger partial charge in [-0.2, -0.15) is 13.2 Å². The largest absolute Gasteiger partial charge is 0.416 e. The van der Waals surface area contributed by atoms with Crippen LogP contribution in [0.15, 0.2) is 48.8 Å². The Morgan fingerprint density at radius 3 is 2.55 bits per heavy atom. The van der Waals surface area contributed by atoms with Crippen molar-refractivity contribution in [2.24, 2.45) is 0 Å². The normalized spacial score (nSPS) is 11.6. The average molecular weight is 307 g/mol. The molecule has 3 nitrogen and oxygen atoms in total. The Labute approximate surface area is 122 Å². The highest BCUT2D eigenvalue weighted by Crippen LogP contribution is 2.32. The first-order valence-corrected chi connectivity index (χ1v) is 6.28. The lowest BCUT2D eigenvalue weighted by molar-refractivity contribution is -0.137. The smallest absolute Gasteiger partial charge is 0.340 e. The number of rotatable bonds is 2. The molecular weight excluding hydrogens is 298 g/mol. The molecule has 22 heavy (non-hydrogen) atoms. The van der Waals surface area contributed by atoms with Crippen LogP contribution in [0.5, 0.6) is 0 Å². The molecule has 0 unspecified atom stereocenters. The summed E-state index contributed by atoms with van der Waals surface area (Å²) in [5.41, 5.74) is -0.0768. The predicted molar refractivity (Wildman–Crippen MR) is 74.2 cm³/mol. The van der Waals surface area contributed by atoms with Crippen LogP contribution in [0.25, 0.3) is 10.9 Å². The summed E-state index contributed by atoms with van der Waals surface area (Å²) < 4.78 is 51.5. The lowest BCUT2D eigenvalue weighted by Crippen LogP contribution is -2.05. The number of nitrogens with zero attached hydrogens (tertiary/aromatic N) is 2. The predicted octanol–water partition coefficient (Wildman–Crippen LogP) is 4.53. The van der Waals surface area contributed by atoms with Gasteiger partial charge in [-0.1, -0.05) is 6.07 Å². The zero-order valence-electron chi connectivity index (χ0n) is 11.0. The molecule has 7 heteroatoms. The second-order valence-electron chi connectivity index (χ2n) is 4.59. The summed E-state index contributed by atoms with van der Waals surface area (Å²) in [6.07, 6.45) is -3.17. The first-order valence-electron chi connectivity index (χ1n) is 6.28. The van der Waals surface area contributed by atoms with Crippen LogP contribution in [0, 0.1) is 5.82 Å². The number of aromatic nitrogens is 2. The molecule has 0 saturated heterocycles. The van der Waals surface area contributed by atoms with Crippen molar-refractivity contribution in [2.75, 3.05) is 5.32 Å². The maximum Gasteiger partial charge on any atom is 0.416 e. The van der Waals surface area contributed by atoms with E-state index in [9.17, 15) is 17.6 Å². The number of fused-ring (bicyclic) bond motifs is 1. The Morgan fingerprint density at radius 2 is 1.77 bits per heavy atom. The van der Waals surface area contributed by atoms with Gasteiger partial charge in [0.05, 0.1) is 11.1 Å². The van der Waals surface area contributed by atoms with Crippen molar-refractivity contribution in [3.8, 4) is 0 Å². The monoisotopic (exact) mass is 307 g/mol. The highest BCUT2D eigenvalue weighted by atomic mass is 19.4. The Kier molecular flexibility index (Phi) is 3.40. The zero-order chi connectivity index (χ0) is 15.7. The first-order chi connectivity index (χ1) is 10.4. The molecule has 1 aromatic heterocycles. The Balaban J connectivity index is 2.02. The molecule has 1 heterocycles. The third kappa shape index (κ3) is 2.83. The van der Waals surface area contributed by atoms with Gasteiger partial charge in [-0.15, -0.1) is 0 Å². The highest BCUT2D eigenvalue weighted by molar-refractivity contribution is 5.90. The van der Waals surface area contributed by atoms with Gasteiger partial charge >= 0.3 is 6.18 Å². The van der Waals surface area contributed by atoms with Crippen LogP contribution in [0.1, 0.15) is 5.56 Å². The van der Waals surface area contributed by atoms with Gasteiger partial charge in [-0.25, -0.2) is 14.4 Å². The number of nitrogens with one attached hydrogen (secondary N) is 1. The quantitative estimate of drug-likeness (QED) is 0.707. The van der Waals surface area contributed by atoms with Gasteiger partial charge < -0.3 is 5.32 Å². The van der Waals surface area contributed by atoms with Crippen LogP contribution in [-0.4, -0.2) is 9.97 Å². The molecule has 0 bridgehead atoms. The molecule has 3 aromatic rings. The summed E-state index contributed by atoms with van der Waals surface area (Å²) in [5.74, 6) is -0.238. The van der Waals surface area contributed by atoms with Crippen molar-refractivity contribution in [2.45, 2.75) is 6.18 Å². The van der Waals surface area contributed by atoms with Gasteiger partial charge in [0, 0.05) is 11.1 Å². The van der Waals surface area contributed by atoms with Crippen molar-refractivity contribution in [3.63, 3.8) is 0 Å². The van der Waals surface area contributed by atoms with E-state index in [0.29, 0.717) is 10.9 Å². The maximum absolute atomic E-state index is 13.3.